The van der Waals surface area contributed by atoms with Crippen LogP contribution in [-0.2, 0) is 11.2 Å². The van der Waals surface area contributed by atoms with Gasteiger partial charge >= 0.3 is 0 Å². The second kappa shape index (κ2) is 7.60. The third-order valence-corrected chi connectivity index (χ3v) is 4.64. The van der Waals surface area contributed by atoms with Crippen LogP contribution in [0.1, 0.15) is 50.3 Å². The summed E-state index contributed by atoms with van der Waals surface area (Å²) in [7, 11) is 1.98. The molecule has 1 aliphatic heterocycles. The van der Waals surface area contributed by atoms with E-state index in [1.807, 2.05) is 11.9 Å². The van der Waals surface area contributed by atoms with Gasteiger partial charge in [-0.2, -0.15) is 0 Å². The maximum atomic E-state index is 12.2. The van der Waals surface area contributed by atoms with Crippen molar-refractivity contribution in [1.29, 1.82) is 0 Å². The van der Waals surface area contributed by atoms with Gasteiger partial charge in [0.1, 0.15) is 0 Å². The molecule has 3 heteroatoms. The SMILES string of the molecule is CCc1ccc(C(CN2CCC(C)CCC2=O)NC)cc1. The first kappa shape index (κ1) is 16.0. The fraction of sp³-hybridized carbons (Fsp3) is 0.611. The van der Waals surface area contributed by atoms with Crippen LogP contribution >= 0.6 is 0 Å². The average Bonchev–Trinajstić information content (AvgIpc) is 2.67. The largest absolute Gasteiger partial charge is 0.341 e. The molecule has 2 atom stereocenters. The van der Waals surface area contributed by atoms with Crippen molar-refractivity contribution < 1.29 is 4.79 Å². The molecule has 0 aliphatic carbocycles. The number of amides is 1. The molecule has 0 radical (unpaired) electrons. The van der Waals surface area contributed by atoms with Gasteiger partial charge in [-0.3, -0.25) is 4.79 Å². The van der Waals surface area contributed by atoms with Crippen LogP contribution in [0.3, 0.4) is 0 Å². The predicted octanol–water partition coefficient (Wildman–Crippen LogP) is 3.16. The third-order valence-electron chi connectivity index (χ3n) is 4.64. The number of rotatable bonds is 5. The van der Waals surface area contributed by atoms with Gasteiger partial charge in [0.15, 0.2) is 0 Å². The van der Waals surface area contributed by atoms with Crippen LogP contribution in [-0.4, -0.2) is 30.9 Å². The van der Waals surface area contributed by atoms with Crippen molar-refractivity contribution in [3.8, 4) is 0 Å². The van der Waals surface area contributed by atoms with Crippen molar-refractivity contribution in [2.45, 2.75) is 45.6 Å². The highest BCUT2D eigenvalue weighted by Gasteiger charge is 2.23. The molecule has 0 bridgehead atoms. The van der Waals surface area contributed by atoms with Crippen molar-refractivity contribution in [2.24, 2.45) is 5.92 Å². The molecule has 116 valence electrons. The van der Waals surface area contributed by atoms with Crippen molar-refractivity contribution >= 4 is 5.91 Å². The normalized spacial score (nSPS) is 21.2. The minimum Gasteiger partial charge on any atom is -0.341 e. The molecule has 1 N–H and O–H groups in total. The molecule has 1 saturated heterocycles. The fourth-order valence-corrected chi connectivity index (χ4v) is 2.94. The van der Waals surface area contributed by atoms with E-state index in [0.29, 0.717) is 18.2 Å². The van der Waals surface area contributed by atoms with Crippen molar-refractivity contribution in [1.82, 2.24) is 10.2 Å². The molecule has 2 unspecified atom stereocenters. The molecule has 0 saturated carbocycles. The summed E-state index contributed by atoms with van der Waals surface area (Å²) in [5, 5.41) is 3.36. The Morgan fingerprint density at radius 1 is 1.29 bits per heavy atom. The Morgan fingerprint density at radius 2 is 2.00 bits per heavy atom. The van der Waals surface area contributed by atoms with Crippen LogP contribution in [0, 0.1) is 5.92 Å². The molecule has 0 spiro atoms. The zero-order chi connectivity index (χ0) is 15.2. The Balaban J connectivity index is 2.04. The van der Waals surface area contributed by atoms with E-state index in [-0.39, 0.29) is 6.04 Å². The predicted molar refractivity (Wildman–Crippen MR) is 87.2 cm³/mol. The molecule has 2 rings (SSSR count). The summed E-state index contributed by atoms with van der Waals surface area (Å²) < 4.78 is 0. The smallest absolute Gasteiger partial charge is 0.222 e. The summed E-state index contributed by atoms with van der Waals surface area (Å²) in [6, 6.07) is 8.96. The van der Waals surface area contributed by atoms with E-state index in [0.717, 1.165) is 32.4 Å². The number of nitrogens with one attached hydrogen (secondary N) is 1. The summed E-state index contributed by atoms with van der Waals surface area (Å²) in [6.45, 7) is 6.08. The Labute approximate surface area is 128 Å². The minimum absolute atomic E-state index is 0.216. The molecule has 1 aromatic carbocycles. The van der Waals surface area contributed by atoms with E-state index >= 15 is 0 Å². The molecule has 0 aromatic heterocycles. The lowest BCUT2D eigenvalue weighted by Gasteiger charge is -2.27. The van der Waals surface area contributed by atoms with Crippen LogP contribution in [0.4, 0.5) is 0 Å². The number of hydrogen-bond acceptors (Lipinski definition) is 2. The zero-order valence-electron chi connectivity index (χ0n) is 13.6. The Bertz CT molecular complexity index is 455. The van der Waals surface area contributed by atoms with Crippen LogP contribution in [0.25, 0.3) is 0 Å². The molecule has 1 amide bonds. The number of nitrogens with zero attached hydrogens (tertiary/aromatic N) is 1. The number of aryl methyl sites for hydroxylation is 1. The molecule has 1 aliphatic rings. The second-order valence-electron chi connectivity index (χ2n) is 6.21. The number of likely N-dealkylation sites (N-methyl/N-ethyl adjacent to an activating group) is 1. The first-order chi connectivity index (χ1) is 10.1. The standard InChI is InChI=1S/C18H28N2O/c1-4-15-6-8-16(9-7-15)17(19-3)13-20-12-11-14(2)5-10-18(20)21/h6-9,14,17,19H,4-5,10-13H2,1-3H3. The van der Waals surface area contributed by atoms with E-state index in [4.69, 9.17) is 0 Å². The number of hydrogen-bond donors (Lipinski definition) is 1. The van der Waals surface area contributed by atoms with Gasteiger partial charge in [-0.15, -0.1) is 0 Å². The van der Waals surface area contributed by atoms with Crippen LogP contribution < -0.4 is 5.32 Å². The van der Waals surface area contributed by atoms with Gasteiger partial charge in [0.25, 0.3) is 0 Å². The van der Waals surface area contributed by atoms with Gasteiger partial charge in [0, 0.05) is 25.6 Å². The van der Waals surface area contributed by atoms with E-state index in [1.54, 1.807) is 0 Å². The molecular weight excluding hydrogens is 260 g/mol. The average molecular weight is 288 g/mol. The number of likely N-dealkylation sites (tertiary alicyclic amines) is 1. The fourth-order valence-electron chi connectivity index (χ4n) is 2.94. The van der Waals surface area contributed by atoms with E-state index in [9.17, 15) is 4.79 Å². The van der Waals surface area contributed by atoms with E-state index in [1.165, 1.54) is 11.1 Å². The van der Waals surface area contributed by atoms with E-state index in [2.05, 4.69) is 43.4 Å². The van der Waals surface area contributed by atoms with Crippen molar-refractivity contribution in [3.63, 3.8) is 0 Å². The second-order valence-corrected chi connectivity index (χ2v) is 6.21. The molecule has 1 heterocycles. The molecule has 1 fully saturated rings. The maximum absolute atomic E-state index is 12.2. The Morgan fingerprint density at radius 3 is 2.62 bits per heavy atom. The molecule has 21 heavy (non-hydrogen) atoms. The number of benzene rings is 1. The molecule has 1 aromatic rings. The molecule has 3 nitrogen and oxygen atoms in total. The quantitative estimate of drug-likeness (QED) is 0.902. The third kappa shape index (κ3) is 4.31. The lowest BCUT2D eigenvalue weighted by atomic mass is 10.0. The summed E-state index contributed by atoms with van der Waals surface area (Å²) in [5.74, 6) is 0.973. The van der Waals surface area contributed by atoms with Gasteiger partial charge in [-0.25, -0.2) is 0 Å². The highest BCUT2D eigenvalue weighted by atomic mass is 16.2. The van der Waals surface area contributed by atoms with Crippen LogP contribution in [0.2, 0.25) is 0 Å². The van der Waals surface area contributed by atoms with Gasteiger partial charge in [-0.1, -0.05) is 38.1 Å². The lowest BCUT2D eigenvalue weighted by molar-refractivity contribution is -0.131. The Kier molecular flexibility index (Phi) is 5.80. The van der Waals surface area contributed by atoms with Gasteiger partial charge in [-0.05, 0) is 43.4 Å². The van der Waals surface area contributed by atoms with Crippen LogP contribution in [0.5, 0.6) is 0 Å². The topological polar surface area (TPSA) is 32.3 Å². The number of carbonyl (C=O) groups is 1. The van der Waals surface area contributed by atoms with Crippen molar-refractivity contribution in [2.75, 3.05) is 20.1 Å². The van der Waals surface area contributed by atoms with Gasteiger partial charge < -0.3 is 10.2 Å². The lowest BCUT2D eigenvalue weighted by Crippen LogP contribution is -2.37. The van der Waals surface area contributed by atoms with Gasteiger partial charge in [0.2, 0.25) is 5.91 Å². The van der Waals surface area contributed by atoms with Crippen molar-refractivity contribution in [3.05, 3.63) is 35.4 Å². The monoisotopic (exact) mass is 288 g/mol. The maximum Gasteiger partial charge on any atom is 0.222 e. The summed E-state index contributed by atoms with van der Waals surface area (Å²) in [6.07, 6.45) is 3.92. The highest BCUT2D eigenvalue weighted by molar-refractivity contribution is 5.76. The Hall–Kier alpha value is -1.35. The first-order valence-electron chi connectivity index (χ1n) is 8.18. The van der Waals surface area contributed by atoms with Gasteiger partial charge in [0.05, 0.1) is 0 Å². The molecular formula is C18H28N2O. The minimum atomic E-state index is 0.216. The zero-order valence-corrected chi connectivity index (χ0v) is 13.6. The first-order valence-corrected chi connectivity index (χ1v) is 8.18. The summed E-state index contributed by atoms with van der Waals surface area (Å²) in [4.78, 5) is 14.3. The summed E-state index contributed by atoms with van der Waals surface area (Å²) in [5.41, 5.74) is 2.62. The highest BCUT2D eigenvalue weighted by Crippen LogP contribution is 2.21. The van der Waals surface area contributed by atoms with E-state index < -0.39 is 0 Å². The summed E-state index contributed by atoms with van der Waals surface area (Å²) >= 11 is 0. The number of carbonyl (C=O) groups excluding carboxylic acids is 1. The van der Waals surface area contributed by atoms with Crippen LogP contribution in [0.15, 0.2) is 24.3 Å².